The van der Waals surface area contributed by atoms with Crippen LogP contribution in [0.5, 0.6) is 0 Å². The standard InChI is InChI=1S/C43H26N4S/c1-2-13-27(14-3-1)29-18-12-19-33-40-41-39(30-15-4-5-16-31(30)43(40)48-42(29)33)32-17-6-7-22-38(32)47(41)28-25-36(34-20-8-10-23-44-34)46-37(26-28)35-21-9-11-24-45-35/h1-26H. The van der Waals surface area contributed by atoms with Gasteiger partial charge in [-0.2, -0.15) is 0 Å². The van der Waals surface area contributed by atoms with Crippen molar-refractivity contribution in [3.8, 4) is 39.6 Å². The largest absolute Gasteiger partial charge is 0.308 e. The van der Waals surface area contributed by atoms with E-state index in [2.05, 4.69) is 114 Å². The average Bonchev–Trinajstić information content (AvgIpc) is 3.73. The van der Waals surface area contributed by atoms with Crippen LogP contribution < -0.4 is 0 Å². The lowest BCUT2D eigenvalue weighted by molar-refractivity contribution is 1.15. The molecule has 0 aliphatic carbocycles. The zero-order valence-corrected chi connectivity index (χ0v) is 26.5. The predicted octanol–water partition coefficient (Wildman–Crippen LogP) is 11.5. The van der Waals surface area contributed by atoms with Crippen LogP contribution in [0.4, 0.5) is 0 Å². The van der Waals surface area contributed by atoms with Gasteiger partial charge < -0.3 is 4.57 Å². The molecule has 0 aliphatic rings. The van der Waals surface area contributed by atoms with Crippen LogP contribution in [0.25, 0.3) is 92.3 Å². The number of pyridine rings is 3. The van der Waals surface area contributed by atoms with Crippen molar-refractivity contribution < 1.29 is 0 Å². The molecule has 224 valence electrons. The fraction of sp³-hybridized carbons (Fsp3) is 0. The van der Waals surface area contributed by atoms with Crippen molar-refractivity contribution in [3.05, 3.63) is 158 Å². The van der Waals surface area contributed by atoms with E-state index in [4.69, 9.17) is 15.0 Å². The van der Waals surface area contributed by atoms with Gasteiger partial charge in [0.25, 0.3) is 0 Å². The lowest BCUT2D eigenvalue weighted by Crippen LogP contribution is -1.99. The number of benzene rings is 5. The minimum Gasteiger partial charge on any atom is -0.308 e. The molecule has 10 rings (SSSR count). The fourth-order valence-electron chi connectivity index (χ4n) is 7.24. The highest BCUT2D eigenvalue weighted by atomic mass is 32.1. The van der Waals surface area contributed by atoms with Crippen molar-refractivity contribution in [3.63, 3.8) is 0 Å². The second kappa shape index (κ2) is 10.7. The van der Waals surface area contributed by atoms with E-state index in [1.807, 2.05) is 60.1 Å². The van der Waals surface area contributed by atoms with E-state index in [-0.39, 0.29) is 0 Å². The third-order valence-electron chi connectivity index (χ3n) is 9.28. The lowest BCUT2D eigenvalue weighted by Gasteiger charge is -2.14. The number of thiophene rings is 1. The van der Waals surface area contributed by atoms with Crippen LogP contribution >= 0.6 is 11.3 Å². The van der Waals surface area contributed by atoms with Gasteiger partial charge in [-0.1, -0.05) is 103 Å². The van der Waals surface area contributed by atoms with Crippen molar-refractivity contribution in [1.29, 1.82) is 0 Å². The summed E-state index contributed by atoms with van der Waals surface area (Å²) in [5.74, 6) is 0. The summed E-state index contributed by atoms with van der Waals surface area (Å²) in [5, 5.41) is 7.55. The number of hydrogen-bond donors (Lipinski definition) is 0. The second-order valence-electron chi connectivity index (χ2n) is 12.0. The Morgan fingerprint density at radius 3 is 1.79 bits per heavy atom. The molecule has 48 heavy (non-hydrogen) atoms. The molecule has 5 heteroatoms. The van der Waals surface area contributed by atoms with E-state index in [9.17, 15) is 0 Å². The highest BCUT2D eigenvalue weighted by Crippen LogP contribution is 2.49. The predicted molar refractivity (Wildman–Crippen MR) is 201 cm³/mol. The molecule has 5 heterocycles. The average molecular weight is 631 g/mol. The summed E-state index contributed by atoms with van der Waals surface area (Å²) < 4.78 is 5.04. The molecular formula is C43H26N4S. The van der Waals surface area contributed by atoms with E-state index < -0.39 is 0 Å². The minimum absolute atomic E-state index is 0.804. The molecule has 10 aromatic rings. The molecule has 5 aromatic heterocycles. The molecule has 0 saturated carbocycles. The van der Waals surface area contributed by atoms with Gasteiger partial charge in [0.05, 0.1) is 39.5 Å². The zero-order chi connectivity index (χ0) is 31.6. The molecule has 0 spiro atoms. The Labute approximate surface area is 280 Å². The Bertz CT molecular complexity index is 2760. The quantitative estimate of drug-likeness (QED) is 0.194. The Morgan fingerprint density at radius 1 is 0.458 bits per heavy atom. The van der Waals surface area contributed by atoms with Gasteiger partial charge in [-0.15, -0.1) is 11.3 Å². The van der Waals surface area contributed by atoms with Gasteiger partial charge in [0.15, 0.2) is 0 Å². The third kappa shape index (κ3) is 4.05. The second-order valence-corrected chi connectivity index (χ2v) is 13.0. The van der Waals surface area contributed by atoms with Gasteiger partial charge in [0, 0.05) is 48.7 Å². The first-order chi connectivity index (χ1) is 23.8. The van der Waals surface area contributed by atoms with E-state index in [0.717, 1.165) is 34.0 Å². The number of fused-ring (bicyclic) bond motifs is 10. The molecular weight excluding hydrogens is 605 g/mol. The van der Waals surface area contributed by atoms with Gasteiger partial charge >= 0.3 is 0 Å². The molecule has 0 aliphatic heterocycles. The van der Waals surface area contributed by atoms with E-state index in [1.165, 1.54) is 58.4 Å². The molecule has 4 nitrogen and oxygen atoms in total. The van der Waals surface area contributed by atoms with Gasteiger partial charge in [-0.05, 0) is 59.0 Å². The number of nitrogens with zero attached hydrogens (tertiary/aromatic N) is 4. The third-order valence-corrected chi connectivity index (χ3v) is 10.5. The van der Waals surface area contributed by atoms with Gasteiger partial charge in [0.1, 0.15) is 0 Å². The first-order valence-electron chi connectivity index (χ1n) is 16.0. The first-order valence-corrected chi connectivity index (χ1v) is 16.8. The maximum absolute atomic E-state index is 5.11. The van der Waals surface area contributed by atoms with Crippen molar-refractivity contribution in [2.75, 3.05) is 0 Å². The van der Waals surface area contributed by atoms with Crippen molar-refractivity contribution in [1.82, 2.24) is 19.5 Å². The lowest BCUT2D eigenvalue weighted by atomic mass is 9.98. The molecule has 0 radical (unpaired) electrons. The summed E-state index contributed by atoms with van der Waals surface area (Å²) in [4.78, 5) is 14.5. The molecule has 0 atom stereocenters. The van der Waals surface area contributed by atoms with Crippen molar-refractivity contribution in [2.45, 2.75) is 0 Å². The maximum atomic E-state index is 5.11. The Hall–Kier alpha value is -6.17. The van der Waals surface area contributed by atoms with E-state index in [0.29, 0.717) is 0 Å². The highest BCUT2D eigenvalue weighted by Gasteiger charge is 2.23. The van der Waals surface area contributed by atoms with Crippen LogP contribution in [0.2, 0.25) is 0 Å². The summed E-state index contributed by atoms with van der Waals surface area (Å²) in [7, 11) is 0. The van der Waals surface area contributed by atoms with Gasteiger partial charge in [-0.3, -0.25) is 9.97 Å². The molecule has 0 N–H and O–H groups in total. The molecule has 0 unspecified atom stereocenters. The smallest absolute Gasteiger partial charge is 0.0915 e. The maximum Gasteiger partial charge on any atom is 0.0915 e. The van der Waals surface area contributed by atoms with Crippen LogP contribution in [0.1, 0.15) is 0 Å². The Morgan fingerprint density at radius 2 is 1.08 bits per heavy atom. The van der Waals surface area contributed by atoms with Crippen LogP contribution in [-0.4, -0.2) is 19.5 Å². The SMILES string of the molecule is c1ccc(-c2cccc3c2sc2c4ccccc4c4c5ccccc5n(-c5cc(-c6ccccn6)nc(-c6ccccn6)c5)c4c32)cc1. The number of para-hydroxylation sites is 1. The summed E-state index contributed by atoms with van der Waals surface area (Å²) in [6.45, 7) is 0. The summed E-state index contributed by atoms with van der Waals surface area (Å²) in [6.07, 6.45) is 3.64. The molecule has 5 aromatic carbocycles. The topological polar surface area (TPSA) is 43.6 Å². The summed E-state index contributed by atoms with van der Waals surface area (Å²) >= 11 is 1.90. The van der Waals surface area contributed by atoms with Crippen LogP contribution in [0.3, 0.4) is 0 Å². The highest BCUT2D eigenvalue weighted by molar-refractivity contribution is 7.27. The molecule has 0 saturated heterocycles. The molecule has 0 fully saturated rings. The number of rotatable bonds is 4. The normalized spacial score (nSPS) is 11.8. The monoisotopic (exact) mass is 630 g/mol. The van der Waals surface area contributed by atoms with Crippen LogP contribution in [-0.2, 0) is 0 Å². The summed E-state index contributed by atoms with van der Waals surface area (Å²) in [5.41, 5.74) is 9.10. The number of aromatic nitrogens is 4. The zero-order valence-electron chi connectivity index (χ0n) is 25.7. The first kappa shape index (κ1) is 27.0. The van der Waals surface area contributed by atoms with E-state index in [1.54, 1.807) is 0 Å². The Kier molecular flexibility index (Phi) is 6.01. The van der Waals surface area contributed by atoms with Crippen molar-refractivity contribution >= 4 is 64.1 Å². The van der Waals surface area contributed by atoms with Crippen LogP contribution in [0.15, 0.2) is 158 Å². The number of hydrogen-bond acceptors (Lipinski definition) is 4. The van der Waals surface area contributed by atoms with Gasteiger partial charge in [0.2, 0.25) is 0 Å². The molecule has 0 bridgehead atoms. The minimum atomic E-state index is 0.804. The molecule has 0 amide bonds. The van der Waals surface area contributed by atoms with Gasteiger partial charge in [-0.25, -0.2) is 4.98 Å². The van der Waals surface area contributed by atoms with Crippen LogP contribution in [0, 0.1) is 0 Å². The fourth-order valence-corrected chi connectivity index (χ4v) is 8.62. The Balaban J connectivity index is 1.41. The van der Waals surface area contributed by atoms with Crippen molar-refractivity contribution in [2.24, 2.45) is 0 Å². The summed E-state index contributed by atoms with van der Waals surface area (Å²) in [6, 6.07) is 51.4. The van der Waals surface area contributed by atoms with E-state index >= 15 is 0 Å².